The van der Waals surface area contributed by atoms with Crippen LogP contribution in [0.15, 0.2) is 54.6 Å². The van der Waals surface area contributed by atoms with Crippen molar-refractivity contribution in [3.63, 3.8) is 0 Å². The summed E-state index contributed by atoms with van der Waals surface area (Å²) in [5.74, 6) is 0.228. The molecule has 1 fully saturated rings. The van der Waals surface area contributed by atoms with E-state index in [9.17, 15) is 5.11 Å². The number of benzene rings is 3. The molecule has 0 saturated carbocycles. The van der Waals surface area contributed by atoms with Gasteiger partial charge in [-0.25, -0.2) is 4.39 Å². The van der Waals surface area contributed by atoms with Crippen LogP contribution >= 0.6 is 23.1 Å². The molecule has 0 unspecified atom stereocenters. The maximum Gasteiger partial charge on any atom is 0.159 e. The molecule has 0 amide bonds. The van der Waals surface area contributed by atoms with Gasteiger partial charge in [-0.3, -0.25) is 4.90 Å². The predicted molar refractivity (Wildman–Crippen MR) is 139 cm³/mol. The number of hydrogen-bond acceptors (Lipinski definition) is 6. The number of aliphatic hydroxyl groups excluding tert-OH is 1. The van der Waals surface area contributed by atoms with Gasteiger partial charge >= 0.3 is 0 Å². The maximum absolute atomic E-state index is 16.0. The number of aliphatic hydroxyl groups is 1. The molecule has 4 aromatic rings. The molecule has 0 spiro atoms. The third-order valence-corrected chi connectivity index (χ3v) is 7.54. The average molecular weight is 498 g/mol. The lowest BCUT2D eigenvalue weighted by Gasteiger charge is -2.35. The lowest BCUT2D eigenvalue weighted by Crippen LogP contribution is -2.46. The van der Waals surface area contributed by atoms with Crippen molar-refractivity contribution in [1.82, 2.24) is 9.27 Å². The van der Waals surface area contributed by atoms with Gasteiger partial charge in [-0.1, -0.05) is 42.4 Å². The van der Waals surface area contributed by atoms with E-state index in [-0.39, 0.29) is 6.61 Å². The van der Waals surface area contributed by atoms with E-state index in [2.05, 4.69) is 20.8 Å². The number of rotatable bonds is 6. The van der Waals surface area contributed by atoms with Crippen molar-refractivity contribution < 1.29 is 14.2 Å². The Morgan fingerprint density at radius 1 is 1.18 bits per heavy atom. The SMILES string of the molecule is C=C(CO)CN1CCN(c2snc3c(F)c(-c4cc(OC)cc5ccccc45)c(Cl)cc23)CC1. The van der Waals surface area contributed by atoms with Gasteiger partial charge in [0.25, 0.3) is 0 Å². The number of fused-ring (bicyclic) bond motifs is 2. The predicted octanol–water partition coefficient (Wildman–Crippen LogP) is 5.59. The van der Waals surface area contributed by atoms with E-state index < -0.39 is 5.82 Å². The first-order valence-corrected chi connectivity index (χ1v) is 12.2. The zero-order valence-electron chi connectivity index (χ0n) is 18.9. The van der Waals surface area contributed by atoms with Crippen LogP contribution in [-0.2, 0) is 0 Å². The average Bonchev–Trinajstić information content (AvgIpc) is 3.28. The molecule has 1 aromatic heterocycles. The molecule has 1 aliphatic rings. The van der Waals surface area contributed by atoms with Gasteiger partial charge < -0.3 is 14.7 Å². The molecule has 1 N–H and O–H groups in total. The first kappa shape index (κ1) is 23.1. The van der Waals surface area contributed by atoms with Gasteiger partial charge in [0.2, 0.25) is 0 Å². The highest BCUT2D eigenvalue weighted by molar-refractivity contribution is 7.11. The summed E-state index contributed by atoms with van der Waals surface area (Å²) in [7, 11) is 1.60. The lowest BCUT2D eigenvalue weighted by atomic mass is 9.96. The second kappa shape index (κ2) is 9.50. The van der Waals surface area contributed by atoms with Gasteiger partial charge in [0.15, 0.2) is 5.82 Å². The van der Waals surface area contributed by atoms with Gasteiger partial charge in [-0.2, -0.15) is 4.37 Å². The lowest BCUT2D eigenvalue weighted by molar-refractivity contribution is 0.257. The van der Waals surface area contributed by atoms with Gasteiger partial charge in [0.1, 0.15) is 16.3 Å². The molecular formula is C26H25ClFN3O2S. The molecular weight excluding hydrogens is 473 g/mol. The van der Waals surface area contributed by atoms with Crippen molar-refractivity contribution in [3.05, 3.63) is 65.5 Å². The minimum atomic E-state index is -0.415. The Bertz CT molecular complexity index is 1380. The minimum Gasteiger partial charge on any atom is -0.497 e. The summed E-state index contributed by atoms with van der Waals surface area (Å²) in [5, 5.41) is 13.1. The quantitative estimate of drug-likeness (QED) is 0.352. The van der Waals surface area contributed by atoms with E-state index in [1.165, 1.54) is 11.5 Å². The van der Waals surface area contributed by atoms with Crippen LogP contribution < -0.4 is 9.64 Å². The number of halogens is 2. The number of hydrogen-bond donors (Lipinski definition) is 1. The van der Waals surface area contributed by atoms with E-state index in [4.69, 9.17) is 16.3 Å². The molecule has 3 aromatic carbocycles. The number of methoxy groups -OCH3 is 1. The normalized spacial score (nSPS) is 14.8. The standard InChI is InChI=1S/C26H25ClFN3O2S/c1-16(15-32)14-30-7-9-31(10-8-30)26-21-13-22(27)23(24(28)25(21)29-34-26)20-12-18(33-2)11-17-5-3-4-6-19(17)20/h3-6,11-13,32H,1,7-10,14-15H2,2H3. The molecule has 1 aliphatic heterocycles. The molecule has 34 heavy (non-hydrogen) atoms. The van der Waals surface area contributed by atoms with E-state index in [1.807, 2.05) is 42.5 Å². The summed E-state index contributed by atoms with van der Waals surface area (Å²) in [6.45, 7) is 7.82. The molecule has 8 heteroatoms. The van der Waals surface area contributed by atoms with Crippen LogP contribution in [0.2, 0.25) is 5.02 Å². The van der Waals surface area contributed by atoms with Crippen LogP contribution in [0.4, 0.5) is 9.39 Å². The first-order valence-electron chi connectivity index (χ1n) is 11.1. The highest BCUT2D eigenvalue weighted by Crippen LogP contribution is 2.43. The number of anilines is 1. The zero-order valence-corrected chi connectivity index (χ0v) is 20.4. The zero-order chi connectivity index (χ0) is 23.8. The van der Waals surface area contributed by atoms with Crippen molar-refractivity contribution in [2.45, 2.75) is 0 Å². The summed E-state index contributed by atoms with van der Waals surface area (Å²) < 4.78 is 25.9. The smallest absolute Gasteiger partial charge is 0.159 e. The van der Waals surface area contributed by atoms with Crippen LogP contribution in [0.5, 0.6) is 5.75 Å². The van der Waals surface area contributed by atoms with E-state index >= 15 is 4.39 Å². The van der Waals surface area contributed by atoms with Gasteiger partial charge in [0, 0.05) is 43.7 Å². The van der Waals surface area contributed by atoms with E-state index in [0.29, 0.717) is 34.0 Å². The molecule has 5 rings (SSSR count). The molecule has 5 nitrogen and oxygen atoms in total. The van der Waals surface area contributed by atoms with Crippen LogP contribution in [0.1, 0.15) is 0 Å². The van der Waals surface area contributed by atoms with Crippen molar-refractivity contribution in [1.29, 1.82) is 0 Å². The fourth-order valence-corrected chi connectivity index (χ4v) is 5.76. The number of piperazine rings is 1. The summed E-state index contributed by atoms with van der Waals surface area (Å²) in [6.07, 6.45) is 0. The number of ether oxygens (including phenoxy) is 1. The molecule has 176 valence electrons. The van der Waals surface area contributed by atoms with E-state index in [0.717, 1.165) is 52.9 Å². The fourth-order valence-electron chi connectivity index (χ4n) is 4.56. The van der Waals surface area contributed by atoms with Crippen molar-refractivity contribution in [2.24, 2.45) is 0 Å². The molecule has 0 aliphatic carbocycles. The number of aromatic nitrogens is 1. The molecule has 0 bridgehead atoms. The van der Waals surface area contributed by atoms with Crippen LogP contribution in [0, 0.1) is 5.82 Å². The second-order valence-corrected chi connectivity index (χ2v) is 9.66. The number of nitrogens with zero attached hydrogens (tertiary/aromatic N) is 3. The summed E-state index contributed by atoms with van der Waals surface area (Å²) in [5.41, 5.74) is 2.17. The topological polar surface area (TPSA) is 48.8 Å². The summed E-state index contributed by atoms with van der Waals surface area (Å²) in [4.78, 5) is 4.49. The molecule has 0 atom stereocenters. The highest BCUT2D eigenvalue weighted by atomic mass is 35.5. The van der Waals surface area contributed by atoms with Gasteiger partial charge in [-0.05, 0) is 51.6 Å². The Morgan fingerprint density at radius 3 is 2.68 bits per heavy atom. The monoisotopic (exact) mass is 497 g/mol. The Labute approximate surface area is 206 Å². The van der Waals surface area contributed by atoms with Crippen molar-refractivity contribution >= 4 is 49.8 Å². The van der Waals surface area contributed by atoms with E-state index in [1.54, 1.807) is 7.11 Å². The van der Waals surface area contributed by atoms with Crippen LogP contribution in [0.25, 0.3) is 32.8 Å². The Kier molecular flexibility index (Phi) is 6.44. The fraction of sp³-hybridized carbons (Fsp3) is 0.269. The Hall–Kier alpha value is -2.71. The van der Waals surface area contributed by atoms with Gasteiger partial charge in [0.05, 0.1) is 18.7 Å². The first-order chi connectivity index (χ1) is 16.5. The third-order valence-electron chi connectivity index (χ3n) is 6.32. The van der Waals surface area contributed by atoms with Crippen LogP contribution in [0.3, 0.4) is 0 Å². The molecule has 0 radical (unpaired) electrons. The summed E-state index contributed by atoms with van der Waals surface area (Å²) in [6, 6.07) is 13.4. The van der Waals surface area contributed by atoms with Gasteiger partial charge in [-0.15, -0.1) is 0 Å². The van der Waals surface area contributed by atoms with Crippen molar-refractivity contribution in [2.75, 3.05) is 51.3 Å². The molecule has 2 heterocycles. The third kappa shape index (κ3) is 4.14. The summed E-state index contributed by atoms with van der Waals surface area (Å²) >= 11 is 8.04. The largest absolute Gasteiger partial charge is 0.497 e. The molecule has 1 saturated heterocycles. The minimum absolute atomic E-state index is 0.00236. The highest BCUT2D eigenvalue weighted by Gasteiger charge is 2.25. The Balaban J connectivity index is 1.53. The second-order valence-electron chi connectivity index (χ2n) is 8.50. The maximum atomic E-state index is 16.0. The Morgan fingerprint density at radius 2 is 1.94 bits per heavy atom. The van der Waals surface area contributed by atoms with Crippen LogP contribution in [-0.4, -0.2) is 60.8 Å². The van der Waals surface area contributed by atoms with Crippen molar-refractivity contribution in [3.8, 4) is 16.9 Å².